The summed E-state index contributed by atoms with van der Waals surface area (Å²) in [6, 6.07) is 2.04. The number of pyridine rings is 1. The predicted molar refractivity (Wildman–Crippen MR) is 84.0 cm³/mol. The molecule has 0 aromatic carbocycles. The van der Waals surface area contributed by atoms with Crippen molar-refractivity contribution in [3.05, 3.63) is 24.2 Å². The van der Waals surface area contributed by atoms with E-state index in [1.807, 2.05) is 7.05 Å². The Bertz CT molecular complexity index is 703. The molecule has 2 aromatic heterocycles. The molecule has 3 fully saturated rings. The van der Waals surface area contributed by atoms with Crippen molar-refractivity contribution in [2.75, 3.05) is 32.0 Å². The lowest BCUT2D eigenvalue weighted by Gasteiger charge is -2.44. The Morgan fingerprint density at radius 3 is 2.91 bits per heavy atom. The summed E-state index contributed by atoms with van der Waals surface area (Å²) in [5.41, 5.74) is 2.00. The molecule has 3 aliphatic rings. The highest BCUT2D eigenvalue weighted by Gasteiger charge is 2.35. The fourth-order valence-electron chi connectivity index (χ4n) is 3.62. The van der Waals surface area contributed by atoms with E-state index in [0.717, 1.165) is 17.6 Å². The van der Waals surface area contributed by atoms with Crippen LogP contribution in [0.25, 0.3) is 11.0 Å². The molecule has 1 atom stereocenters. The van der Waals surface area contributed by atoms with Crippen molar-refractivity contribution in [1.82, 2.24) is 15.2 Å². The summed E-state index contributed by atoms with van der Waals surface area (Å²) < 4.78 is 5.40. The molecule has 0 spiro atoms. The minimum Gasteiger partial charge on any atom is -0.460 e. The SMILES string of the molecule is CNc1coc2cnc(C(=O)NC3CN4CCC3CC4)cc12. The van der Waals surface area contributed by atoms with E-state index in [0.29, 0.717) is 17.2 Å². The lowest BCUT2D eigenvalue weighted by Crippen LogP contribution is -2.57. The van der Waals surface area contributed by atoms with E-state index in [1.165, 1.54) is 25.9 Å². The Morgan fingerprint density at radius 1 is 1.41 bits per heavy atom. The van der Waals surface area contributed by atoms with Crippen LogP contribution in [0.1, 0.15) is 23.3 Å². The number of carbonyl (C=O) groups excluding carboxylic acids is 1. The van der Waals surface area contributed by atoms with Gasteiger partial charge in [-0.1, -0.05) is 0 Å². The number of fused-ring (bicyclic) bond motifs is 4. The molecule has 2 N–H and O–H groups in total. The minimum absolute atomic E-state index is 0.0936. The molecule has 3 saturated heterocycles. The van der Waals surface area contributed by atoms with Gasteiger partial charge >= 0.3 is 0 Å². The summed E-state index contributed by atoms with van der Waals surface area (Å²) >= 11 is 0. The zero-order chi connectivity index (χ0) is 15.1. The molecule has 116 valence electrons. The highest BCUT2D eigenvalue weighted by molar-refractivity contribution is 5.98. The molecule has 5 rings (SSSR count). The van der Waals surface area contributed by atoms with Crippen LogP contribution in [0.5, 0.6) is 0 Å². The van der Waals surface area contributed by atoms with Gasteiger partial charge in [-0.05, 0) is 37.9 Å². The number of nitrogens with one attached hydrogen (secondary N) is 2. The second-order valence-electron chi connectivity index (χ2n) is 6.18. The maximum atomic E-state index is 12.5. The summed E-state index contributed by atoms with van der Waals surface area (Å²) in [5, 5.41) is 7.11. The van der Waals surface area contributed by atoms with Gasteiger partial charge in [0.2, 0.25) is 0 Å². The summed E-state index contributed by atoms with van der Waals surface area (Å²) in [6.07, 6.45) is 5.62. The molecule has 0 aliphatic carbocycles. The summed E-state index contributed by atoms with van der Waals surface area (Å²) in [5.74, 6) is 0.517. The van der Waals surface area contributed by atoms with Crippen LogP contribution < -0.4 is 10.6 Å². The molecular weight excluding hydrogens is 280 g/mol. The lowest BCUT2D eigenvalue weighted by atomic mass is 9.84. The normalized spacial score (nSPS) is 27.0. The van der Waals surface area contributed by atoms with Crippen LogP contribution in [-0.2, 0) is 0 Å². The van der Waals surface area contributed by atoms with Crippen molar-refractivity contribution < 1.29 is 9.21 Å². The quantitative estimate of drug-likeness (QED) is 0.903. The fraction of sp³-hybridized carbons (Fsp3) is 0.500. The van der Waals surface area contributed by atoms with E-state index in [9.17, 15) is 4.79 Å². The standard InChI is InChI=1S/C16H20N4O2/c1-17-14-9-22-15-7-18-12(6-11(14)15)16(21)19-13-8-20-4-2-10(13)3-5-20/h6-7,9-10,13,17H,2-5,8H2,1H3,(H,19,21). The van der Waals surface area contributed by atoms with Crippen molar-refractivity contribution in [3.63, 3.8) is 0 Å². The highest BCUT2D eigenvalue weighted by atomic mass is 16.3. The van der Waals surface area contributed by atoms with E-state index in [-0.39, 0.29) is 11.9 Å². The van der Waals surface area contributed by atoms with Crippen LogP contribution in [0.2, 0.25) is 0 Å². The molecule has 6 nitrogen and oxygen atoms in total. The van der Waals surface area contributed by atoms with Gasteiger partial charge in [0.05, 0.1) is 11.9 Å². The van der Waals surface area contributed by atoms with Gasteiger partial charge in [-0.25, -0.2) is 4.98 Å². The van der Waals surface area contributed by atoms with E-state index in [4.69, 9.17) is 4.42 Å². The van der Waals surface area contributed by atoms with Crippen LogP contribution in [0.4, 0.5) is 5.69 Å². The number of furan rings is 1. The van der Waals surface area contributed by atoms with Crippen molar-refractivity contribution >= 4 is 22.6 Å². The van der Waals surface area contributed by atoms with Crippen LogP contribution in [0, 0.1) is 5.92 Å². The Morgan fingerprint density at radius 2 is 2.23 bits per heavy atom. The average Bonchev–Trinajstić information content (AvgIpc) is 2.98. The number of anilines is 1. The molecule has 22 heavy (non-hydrogen) atoms. The second kappa shape index (κ2) is 5.28. The first-order valence-electron chi connectivity index (χ1n) is 7.83. The molecule has 6 heteroatoms. The summed E-state index contributed by atoms with van der Waals surface area (Å²) in [7, 11) is 1.83. The molecule has 3 aliphatic heterocycles. The van der Waals surface area contributed by atoms with Gasteiger partial charge in [0, 0.05) is 25.0 Å². The lowest BCUT2D eigenvalue weighted by molar-refractivity contribution is 0.0618. The van der Waals surface area contributed by atoms with E-state index < -0.39 is 0 Å². The highest BCUT2D eigenvalue weighted by Crippen LogP contribution is 2.28. The topological polar surface area (TPSA) is 70.4 Å². The third-order valence-electron chi connectivity index (χ3n) is 4.94. The molecule has 2 bridgehead atoms. The van der Waals surface area contributed by atoms with Crippen LogP contribution >= 0.6 is 0 Å². The van der Waals surface area contributed by atoms with Crippen molar-refractivity contribution in [2.45, 2.75) is 18.9 Å². The molecule has 1 unspecified atom stereocenters. The number of nitrogens with zero attached hydrogens (tertiary/aromatic N) is 2. The summed E-state index contributed by atoms with van der Waals surface area (Å²) in [6.45, 7) is 3.30. The molecule has 0 radical (unpaired) electrons. The van der Waals surface area contributed by atoms with Crippen molar-refractivity contribution in [2.24, 2.45) is 5.92 Å². The van der Waals surface area contributed by atoms with E-state index in [1.54, 1.807) is 18.5 Å². The largest absolute Gasteiger partial charge is 0.460 e. The Kier molecular flexibility index (Phi) is 3.26. The third kappa shape index (κ3) is 2.23. The molecule has 1 amide bonds. The van der Waals surface area contributed by atoms with Gasteiger partial charge in [-0.15, -0.1) is 0 Å². The first-order chi connectivity index (χ1) is 10.7. The average molecular weight is 300 g/mol. The van der Waals surface area contributed by atoms with Gasteiger partial charge < -0.3 is 20.0 Å². The van der Waals surface area contributed by atoms with Gasteiger partial charge in [-0.3, -0.25) is 4.79 Å². The van der Waals surface area contributed by atoms with Gasteiger partial charge in [0.1, 0.15) is 12.0 Å². The van der Waals surface area contributed by atoms with Gasteiger partial charge in [0.15, 0.2) is 5.58 Å². The molecule has 2 aromatic rings. The van der Waals surface area contributed by atoms with Crippen LogP contribution in [0.3, 0.4) is 0 Å². The minimum atomic E-state index is -0.0936. The molecule has 0 saturated carbocycles. The first kappa shape index (κ1) is 13.6. The van der Waals surface area contributed by atoms with Crippen LogP contribution in [-0.4, -0.2) is 48.5 Å². The maximum absolute atomic E-state index is 12.5. The molecular formula is C16H20N4O2. The van der Waals surface area contributed by atoms with Gasteiger partial charge in [-0.2, -0.15) is 0 Å². The number of amides is 1. The number of hydrogen-bond donors (Lipinski definition) is 2. The van der Waals surface area contributed by atoms with Crippen LogP contribution in [0.15, 0.2) is 22.9 Å². The Balaban J connectivity index is 1.55. The number of hydrogen-bond acceptors (Lipinski definition) is 5. The maximum Gasteiger partial charge on any atom is 0.270 e. The van der Waals surface area contributed by atoms with Crippen molar-refractivity contribution in [1.29, 1.82) is 0 Å². The monoisotopic (exact) mass is 300 g/mol. The Hall–Kier alpha value is -2.08. The second-order valence-corrected chi connectivity index (χ2v) is 6.18. The number of carbonyl (C=O) groups is 1. The molecule has 5 heterocycles. The van der Waals surface area contributed by atoms with E-state index >= 15 is 0 Å². The van der Waals surface area contributed by atoms with Crippen molar-refractivity contribution in [3.8, 4) is 0 Å². The first-order valence-corrected chi connectivity index (χ1v) is 7.83. The fourth-order valence-corrected chi connectivity index (χ4v) is 3.62. The number of piperidine rings is 3. The number of aromatic nitrogens is 1. The summed E-state index contributed by atoms with van der Waals surface area (Å²) in [4.78, 5) is 19.2. The zero-order valence-corrected chi connectivity index (χ0v) is 12.6. The van der Waals surface area contributed by atoms with Gasteiger partial charge in [0.25, 0.3) is 5.91 Å². The zero-order valence-electron chi connectivity index (χ0n) is 12.6. The Labute approximate surface area is 128 Å². The third-order valence-corrected chi connectivity index (χ3v) is 4.94. The predicted octanol–water partition coefficient (Wildman–Crippen LogP) is 1.69. The number of rotatable bonds is 3. The smallest absolute Gasteiger partial charge is 0.270 e. The van der Waals surface area contributed by atoms with E-state index in [2.05, 4.69) is 20.5 Å².